The zero-order chi connectivity index (χ0) is 22.7. The van der Waals surface area contributed by atoms with E-state index in [0.29, 0.717) is 30.4 Å². The molecule has 0 saturated carbocycles. The molecule has 3 N–H and O–H groups in total. The average molecular weight is 476 g/mol. The summed E-state index contributed by atoms with van der Waals surface area (Å²) in [6.45, 7) is 4.88. The number of piperidine rings is 1. The largest absolute Gasteiger partial charge is 0.418 e. The van der Waals surface area contributed by atoms with Gasteiger partial charge in [-0.25, -0.2) is 10.3 Å². The van der Waals surface area contributed by atoms with Gasteiger partial charge in [0.2, 0.25) is 0 Å². The molecule has 0 aromatic rings. The van der Waals surface area contributed by atoms with E-state index in [9.17, 15) is 18.0 Å². The van der Waals surface area contributed by atoms with Gasteiger partial charge in [0, 0.05) is 19.1 Å². The maximum Gasteiger partial charge on any atom is 0.418 e. The summed E-state index contributed by atoms with van der Waals surface area (Å²) in [5, 5.41) is 4.08. The Morgan fingerprint density at radius 1 is 1.19 bits per heavy atom. The van der Waals surface area contributed by atoms with Crippen LogP contribution in [0, 0.1) is 5.92 Å². The maximum atomic E-state index is 12.6. The standard InChI is InChI=1S/C19H33N5O7S/c25-18(17-6-5-16-12-23(17)19(26)24(16)31-32(27,28)29)21-30-13-15-9-14(10-20-15)11-22-7-3-1-2-4-8-22/h14-17,20H,1-13H2,(H,21,25)(H,27,28,29)/t14-,15-,16?,17?/m1/s1. The van der Waals surface area contributed by atoms with Crippen LogP contribution in [0.5, 0.6) is 0 Å². The second-order valence-corrected chi connectivity index (χ2v) is 10.2. The van der Waals surface area contributed by atoms with Crippen LogP contribution in [0.2, 0.25) is 0 Å². The van der Waals surface area contributed by atoms with Gasteiger partial charge in [-0.2, -0.15) is 13.5 Å². The van der Waals surface area contributed by atoms with Gasteiger partial charge >= 0.3 is 16.4 Å². The van der Waals surface area contributed by atoms with Crippen LogP contribution in [0.15, 0.2) is 0 Å². The Morgan fingerprint density at radius 3 is 2.66 bits per heavy atom. The maximum absolute atomic E-state index is 12.6. The quantitative estimate of drug-likeness (QED) is 0.324. The Bertz CT molecular complexity index is 789. The summed E-state index contributed by atoms with van der Waals surface area (Å²) in [4.78, 5) is 34.2. The van der Waals surface area contributed by atoms with E-state index in [1.165, 1.54) is 43.7 Å². The van der Waals surface area contributed by atoms with Gasteiger partial charge in [-0.05, 0) is 57.7 Å². The van der Waals surface area contributed by atoms with Gasteiger partial charge in [0.1, 0.15) is 6.04 Å². The first-order chi connectivity index (χ1) is 15.3. The van der Waals surface area contributed by atoms with Gasteiger partial charge in [-0.15, -0.1) is 4.28 Å². The number of nitrogens with one attached hydrogen (secondary N) is 2. The molecule has 12 nitrogen and oxygen atoms in total. The first-order valence-corrected chi connectivity index (χ1v) is 12.8. The third kappa shape index (κ3) is 5.88. The molecule has 0 aromatic heterocycles. The fourth-order valence-electron chi connectivity index (χ4n) is 5.24. The van der Waals surface area contributed by atoms with Crippen LogP contribution >= 0.6 is 0 Å². The van der Waals surface area contributed by atoms with E-state index in [4.69, 9.17) is 9.39 Å². The summed E-state index contributed by atoms with van der Waals surface area (Å²) in [7, 11) is -4.81. The molecule has 4 atom stereocenters. The van der Waals surface area contributed by atoms with Crippen molar-refractivity contribution < 1.29 is 31.7 Å². The van der Waals surface area contributed by atoms with Crippen LogP contribution < -0.4 is 10.8 Å². The van der Waals surface area contributed by atoms with Crippen LogP contribution in [0.25, 0.3) is 0 Å². The number of carbonyl (C=O) groups is 2. The number of hydrogen-bond donors (Lipinski definition) is 3. The SMILES string of the molecule is O=C(NOC[C@H]1C[C@@H](CN2CCCCCC2)CN1)C1CCC2CN1C(=O)N2OS(=O)(=O)O. The van der Waals surface area contributed by atoms with Crippen molar-refractivity contribution in [1.29, 1.82) is 0 Å². The van der Waals surface area contributed by atoms with E-state index >= 15 is 0 Å². The third-order valence-electron chi connectivity index (χ3n) is 6.79. The molecular weight excluding hydrogens is 442 g/mol. The number of amides is 3. The minimum absolute atomic E-state index is 0.148. The lowest BCUT2D eigenvalue weighted by Crippen LogP contribution is -2.50. The molecule has 0 aromatic carbocycles. The Kier molecular flexibility index (Phi) is 7.52. The van der Waals surface area contributed by atoms with Crippen molar-refractivity contribution in [3.63, 3.8) is 0 Å². The Morgan fingerprint density at radius 2 is 1.94 bits per heavy atom. The van der Waals surface area contributed by atoms with Crippen molar-refractivity contribution in [2.24, 2.45) is 5.92 Å². The van der Waals surface area contributed by atoms with E-state index in [1.807, 2.05) is 0 Å². The third-order valence-corrected chi connectivity index (χ3v) is 7.13. The zero-order valence-electron chi connectivity index (χ0n) is 18.1. The van der Waals surface area contributed by atoms with Gasteiger partial charge in [0.25, 0.3) is 5.91 Å². The number of hydroxylamine groups is 3. The molecule has 0 aliphatic carbocycles. The van der Waals surface area contributed by atoms with Gasteiger partial charge in [-0.3, -0.25) is 14.2 Å². The first kappa shape index (κ1) is 23.6. The Labute approximate surface area is 188 Å². The topological polar surface area (TPSA) is 141 Å². The van der Waals surface area contributed by atoms with Crippen LogP contribution in [0.3, 0.4) is 0 Å². The lowest BCUT2D eigenvalue weighted by atomic mass is 10.0. The van der Waals surface area contributed by atoms with Gasteiger partial charge in [-0.1, -0.05) is 12.8 Å². The lowest BCUT2D eigenvalue weighted by Gasteiger charge is -2.29. The molecule has 32 heavy (non-hydrogen) atoms. The molecule has 2 unspecified atom stereocenters. The van der Waals surface area contributed by atoms with Crippen molar-refractivity contribution in [1.82, 2.24) is 25.7 Å². The highest BCUT2D eigenvalue weighted by Crippen LogP contribution is 2.30. The number of rotatable bonds is 8. The van der Waals surface area contributed by atoms with Crippen molar-refractivity contribution in [2.75, 3.05) is 39.3 Å². The van der Waals surface area contributed by atoms with Crippen molar-refractivity contribution >= 4 is 22.3 Å². The molecule has 4 fully saturated rings. The molecule has 4 aliphatic heterocycles. The number of likely N-dealkylation sites (tertiary alicyclic amines) is 1. The molecule has 4 rings (SSSR count). The smallest absolute Gasteiger partial charge is 0.311 e. The van der Waals surface area contributed by atoms with E-state index in [1.54, 1.807) is 0 Å². The highest BCUT2D eigenvalue weighted by Gasteiger charge is 2.49. The molecular formula is C19H33N5O7S. The van der Waals surface area contributed by atoms with E-state index in [0.717, 1.165) is 19.5 Å². The highest BCUT2D eigenvalue weighted by atomic mass is 32.3. The number of nitrogens with zero attached hydrogens (tertiary/aromatic N) is 3. The molecule has 3 amide bonds. The predicted octanol–water partition coefficient (Wildman–Crippen LogP) is -0.109. The van der Waals surface area contributed by atoms with Crippen LogP contribution in [0.1, 0.15) is 44.9 Å². The number of urea groups is 1. The van der Waals surface area contributed by atoms with Crippen LogP contribution in [-0.2, 0) is 24.3 Å². The van der Waals surface area contributed by atoms with Gasteiger partial charge in [0.15, 0.2) is 0 Å². The molecule has 0 radical (unpaired) electrons. The monoisotopic (exact) mass is 475 g/mol. The first-order valence-electron chi connectivity index (χ1n) is 11.4. The van der Waals surface area contributed by atoms with Crippen LogP contribution in [0.4, 0.5) is 4.79 Å². The fraction of sp³-hybridized carbons (Fsp3) is 0.895. The van der Waals surface area contributed by atoms with Crippen molar-refractivity contribution in [2.45, 2.75) is 63.1 Å². The average Bonchev–Trinajstić information content (AvgIpc) is 3.14. The fourth-order valence-corrected chi connectivity index (χ4v) is 5.63. The minimum Gasteiger partial charge on any atom is -0.311 e. The van der Waals surface area contributed by atoms with Crippen LogP contribution in [-0.4, -0.2) is 97.2 Å². The minimum atomic E-state index is -4.81. The summed E-state index contributed by atoms with van der Waals surface area (Å²) in [5.41, 5.74) is 2.44. The molecule has 182 valence electrons. The summed E-state index contributed by atoms with van der Waals surface area (Å²) >= 11 is 0. The second kappa shape index (κ2) is 10.2. The summed E-state index contributed by atoms with van der Waals surface area (Å²) < 4.78 is 35.2. The summed E-state index contributed by atoms with van der Waals surface area (Å²) in [6.07, 6.45) is 6.91. The predicted molar refractivity (Wildman–Crippen MR) is 112 cm³/mol. The lowest BCUT2D eigenvalue weighted by molar-refractivity contribution is -0.139. The summed E-state index contributed by atoms with van der Waals surface area (Å²) in [6, 6.07) is -1.91. The van der Waals surface area contributed by atoms with E-state index < -0.39 is 34.4 Å². The molecule has 0 spiro atoms. The normalized spacial score (nSPS) is 31.7. The van der Waals surface area contributed by atoms with Gasteiger partial charge in [0.05, 0.1) is 12.6 Å². The Hall–Kier alpha value is -1.51. The molecule has 4 saturated heterocycles. The van der Waals surface area contributed by atoms with E-state index in [-0.39, 0.29) is 12.6 Å². The number of hydrogen-bond acceptors (Lipinski definition) is 8. The number of fused-ring (bicyclic) bond motifs is 2. The van der Waals surface area contributed by atoms with Crippen molar-refractivity contribution in [3.05, 3.63) is 0 Å². The zero-order valence-corrected chi connectivity index (χ0v) is 19.0. The second-order valence-electron chi connectivity index (χ2n) is 9.21. The Balaban J connectivity index is 1.18. The van der Waals surface area contributed by atoms with Gasteiger partial charge < -0.3 is 15.1 Å². The summed E-state index contributed by atoms with van der Waals surface area (Å²) in [5.74, 6) is 0.119. The molecule has 4 aliphatic rings. The highest BCUT2D eigenvalue weighted by molar-refractivity contribution is 7.80. The number of carbonyl (C=O) groups excluding carboxylic acids is 2. The van der Waals surface area contributed by atoms with Crippen molar-refractivity contribution in [3.8, 4) is 0 Å². The molecule has 2 bridgehead atoms. The van der Waals surface area contributed by atoms with E-state index in [2.05, 4.69) is 20.0 Å². The molecule has 4 heterocycles. The molecule has 13 heteroatoms.